The van der Waals surface area contributed by atoms with Crippen LogP contribution in [0.5, 0.6) is 0 Å². The molecule has 0 amide bonds. The van der Waals surface area contributed by atoms with Gasteiger partial charge in [0.1, 0.15) is 11.9 Å². The molecule has 6 heteroatoms. The smallest absolute Gasteiger partial charge is 0.302 e. The lowest BCUT2D eigenvalue weighted by atomic mass is 9.39. The van der Waals surface area contributed by atoms with Crippen molar-refractivity contribution in [3.63, 3.8) is 0 Å². The van der Waals surface area contributed by atoms with Crippen LogP contribution in [-0.2, 0) is 19.1 Å². The Morgan fingerprint density at radius 3 is 2.61 bits per heavy atom. The van der Waals surface area contributed by atoms with Gasteiger partial charge in [0.15, 0.2) is 0 Å². The van der Waals surface area contributed by atoms with Crippen molar-refractivity contribution < 1.29 is 29.3 Å². The molecular formula is C22H32O6. The summed E-state index contributed by atoms with van der Waals surface area (Å²) in [7, 11) is 0. The average Bonchev–Trinajstić information content (AvgIpc) is 3.38. The maximum Gasteiger partial charge on any atom is 0.302 e. The third-order valence-electron chi connectivity index (χ3n) is 9.73. The number of epoxide rings is 1. The lowest BCUT2D eigenvalue weighted by Gasteiger charge is -2.66. The minimum atomic E-state index is -0.827. The van der Waals surface area contributed by atoms with Crippen molar-refractivity contribution in [2.45, 2.75) is 84.2 Å². The summed E-state index contributed by atoms with van der Waals surface area (Å²) in [6.45, 7) is 7.73. The van der Waals surface area contributed by atoms with Crippen molar-refractivity contribution in [2.75, 3.05) is 6.61 Å². The summed E-state index contributed by atoms with van der Waals surface area (Å²) in [5.41, 5.74) is -1.68. The number of carbonyl (C=O) groups excluding carboxylic acids is 2. The molecule has 28 heavy (non-hydrogen) atoms. The number of hydrogen-bond donors (Lipinski definition) is 2. The summed E-state index contributed by atoms with van der Waals surface area (Å²) in [5, 5.41) is 20.9. The van der Waals surface area contributed by atoms with E-state index in [2.05, 4.69) is 20.8 Å². The van der Waals surface area contributed by atoms with Crippen LogP contribution in [-0.4, -0.2) is 53.0 Å². The fourth-order valence-electron chi connectivity index (χ4n) is 8.31. The van der Waals surface area contributed by atoms with Gasteiger partial charge in [0.25, 0.3) is 0 Å². The van der Waals surface area contributed by atoms with Crippen LogP contribution in [0.4, 0.5) is 0 Å². The molecule has 1 saturated heterocycles. The molecule has 0 aromatic heterocycles. The lowest BCUT2D eigenvalue weighted by molar-refractivity contribution is -0.241. The van der Waals surface area contributed by atoms with Crippen LogP contribution in [0.2, 0.25) is 0 Å². The van der Waals surface area contributed by atoms with E-state index >= 15 is 0 Å². The summed E-state index contributed by atoms with van der Waals surface area (Å²) in [6.07, 6.45) is 2.13. The molecule has 1 spiro atoms. The first-order valence-corrected chi connectivity index (χ1v) is 10.7. The highest BCUT2D eigenvalue weighted by Gasteiger charge is 2.83. The van der Waals surface area contributed by atoms with Crippen LogP contribution in [0.3, 0.4) is 0 Å². The minimum absolute atomic E-state index is 0.0412. The zero-order valence-electron chi connectivity index (χ0n) is 17.2. The molecule has 4 unspecified atom stereocenters. The van der Waals surface area contributed by atoms with Crippen molar-refractivity contribution >= 4 is 11.8 Å². The Kier molecular flexibility index (Phi) is 3.65. The van der Waals surface area contributed by atoms with Gasteiger partial charge in [0.05, 0.1) is 30.3 Å². The van der Waals surface area contributed by atoms with Gasteiger partial charge in [-0.2, -0.15) is 0 Å². The van der Waals surface area contributed by atoms with Gasteiger partial charge >= 0.3 is 5.97 Å². The van der Waals surface area contributed by atoms with Crippen molar-refractivity contribution in [1.82, 2.24) is 0 Å². The Labute approximate surface area is 166 Å². The Morgan fingerprint density at radius 2 is 1.96 bits per heavy atom. The van der Waals surface area contributed by atoms with E-state index in [1.807, 2.05) is 0 Å². The molecular weight excluding hydrogens is 360 g/mol. The van der Waals surface area contributed by atoms with Gasteiger partial charge in [-0.25, -0.2) is 0 Å². The van der Waals surface area contributed by atoms with Gasteiger partial charge in [-0.15, -0.1) is 0 Å². The normalized spacial score (nSPS) is 55.7. The fourth-order valence-corrected chi connectivity index (χ4v) is 8.31. The van der Waals surface area contributed by atoms with E-state index < -0.39 is 16.9 Å². The number of ketones is 1. The lowest BCUT2D eigenvalue weighted by Crippen LogP contribution is -2.67. The van der Waals surface area contributed by atoms with Gasteiger partial charge in [-0.3, -0.25) is 9.59 Å². The van der Waals surface area contributed by atoms with Gasteiger partial charge in [0.2, 0.25) is 0 Å². The Balaban J connectivity index is 1.66. The maximum atomic E-state index is 13.3. The first kappa shape index (κ1) is 19.0. The second kappa shape index (κ2) is 5.38. The number of aliphatic hydroxyl groups excluding tert-OH is 2. The van der Waals surface area contributed by atoms with Gasteiger partial charge in [0, 0.05) is 18.8 Å². The van der Waals surface area contributed by atoms with Crippen molar-refractivity contribution in [3.8, 4) is 0 Å². The number of esters is 1. The number of carbonyl (C=O) groups is 2. The molecule has 2 N–H and O–H groups in total. The maximum absolute atomic E-state index is 13.3. The second-order valence-electron chi connectivity index (χ2n) is 11.0. The number of rotatable bonds is 2. The summed E-state index contributed by atoms with van der Waals surface area (Å²) in [6, 6.07) is 0. The highest BCUT2D eigenvalue weighted by molar-refractivity contribution is 5.89. The van der Waals surface area contributed by atoms with Crippen LogP contribution < -0.4 is 0 Å². The van der Waals surface area contributed by atoms with Crippen LogP contribution in [0.25, 0.3) is 0 Å². The third kappa shape index (κ3) is 1.95. The van der Waals surface area contributed by atoms with Crippen molar-refractivity contribution in [2.24, 2.45) is 33.5 Å². The predicted molar refractivity (Wildman–Crippen MR) is 99.1 cm³/mol. The van der Waals surface area contributed by atoms with E-state index in [-0.39, 0.29) is 59.3 Å². The molecule has 6 nitrogen and oxygen atoms in total. The molecule has 5 aliphatic rings. The molecule has 5 fully saturated rings. The molecule has 4 saturated carbocycles. The SMILES string of the molecule is CC(=O)O[C@H]1CC2C(C)(C)[C@H](O)CC[C@@]2(C)C2CC(=O)[C@@]3(CO)C[C@]21C1OC13. The van der Waals surface area contributed by atoms with Crippen LogP contribution >= 0.6 is 0 Å². The molecule has 5 rings (SSSR count). The van der Waals surface area contributed by atoms with Crippen LogP contribution in [0, 0.1) is 33.5 Å². The quantitative estimate of drug-likeness (QED) is 0.550. The van der Waals surface area contributed by atoms with E-state index in [0.29, 0.717) is 19.3 Å². The summed E-state index contributed by atoms with van der Waals surface area (Å²) in [5.74, 6) is -0.0185. The number of fused-ring (bicyclic) bond motifs is 5. The largest absolute Gasteiger partial charge is 0.462 e. The summed E-state index contributed by atoms with van der Waals surface area (Å²) >= 11 is 0. The van der Waals surface area contributed by atoms with E-state index in [1.165, 1.54) is 6.92 Å². The first-order chi connectivity index (χ1) is 13.0. The van der Waals surface area contributed by atoms with E-state index in [1.54, 1.807) is 0 Å². The summed E-state index contributed by atoms with van der Waals surface area (Å²) in [4.78, 5) is 25.3. The van der Waals surface area contributed by atoms with E-state index in [0.717, 1.165) is 12.8 Å². The number of hydrogen-bond acceptors (Lipinski definition) is 6. The molecule has 156 valence electrons. The van der Waals surface area contributed by atoms with Crippen LogP contribution in [0.15, 0.2) is 0 Å². The highest BCUT2D eigenvalue weighted by atomic mass is 16.6. The fraction of sp³-hybridized carbons (Fsp3) is 0.909. The Bertz CT molecular complexity index is 747. The average molecular weight is 392 g/mol. The van der Waals surface area contributed by atoms with Gasteiger partial charge in [-0.1, -0.05) is 20.8 Å². The van der Waals surface area contributed by atoms with Gasteiger partial charge < -0.3 is 19.7 Å². The zero-order chi connectivity index (χ0) is 20.3. The topological polar surface area (TPSA) is 96.4 Å². The number of Topliss-reactive ketones (excluding diaryl/α,β-unsaturated/α-hetero) is 1. The molecule has 0 aromatic carbocycles. The molecule has 0 aromatic rings. The molecule has 2 bridgehead atoms. The highest BCUT2D eigenvalue weighted by Crippen LogP contribution is 2.77. The standard InChI is InChI=1S/C22H32O6/c1-11(24)27-16-8-12-19(2,3)14(25)5-6-20(12,4)13-7-15(26)21(10-23)9-22(13,16)18-17(21)28-18/h12-14,16-18,23,25H,5-10H2,1-4H3/t12?,13?,14-,16+,17?,18?,20-,21+,22+/m1/s1. The van der Waals surface area contributed by atoms with E-state index in [4.69, 9.17) is 9.47 Å². The number of ether oxygens (including phenoxy) is 2. The zero-order valence-corrected chi connectivity index (χ0v) is 17.2. The molecule has 1 heterocycles. The minimum Gasteiger partial charge on any atom is -0.462 e. The second-order valence-corrected chi connectivity index (χ2v) is 11.0. The van der Waals surface area contributed by atoms with E-state index in [9.17, 15) is 19.8 Å². The Morgan fingerprint density at radius 1 is 1.25 bits per heavy atom. The third-order valence-corrected chi connectivity index (χ3v) is 9.73. The molecule has 0 radical (unpaired) electrons. The summed E-state index contributed by atoms with van der Waals surface area (Å²) < 4.78 is 12.0. The van der Waals surface area contributed by atoms with Crippen LogP contribution in [0.1, 0.15) is 59.8 Å². The van der Waals surface area contributed by atoms with Crippen molar-refractivity contribution in [1.29, 1.82) is 0 Å². The van der Waals surface area contributed by atoms with Gasteiger partial charge in [-0.05, 0) is 48.3 Å². The van der Waals surface area contributed by atoms with Crippen molar-refractivity contribution in [3.05, 3.63) is 0 Å². The molecule has 9 atom stereocenters. The number of aliphatic hydroxyl groups is 2. The first-order valence-electron chi connectivity index (χ1n) is 10.7. The molecule has 1 aliphatic heterocycles. The Hall–Kier alpha value is -0.980. The predicted octanol–water partition coefficient (Wildman–Crippen LogP) is 1.85. The monoisotopic (exact) mass is 392 g/mol. The molecule has 4 aliphatic carbocycles.